The monoisotopic (exact) mass is 562 g/mol. The van der Waals surface area contributed by atoms with Gasteiger partial charge in [-0.25, -0.2) is 0 Å². The molecule has 1 heterocycles. The quantitative estimate of drug-likeness (QED) is 0.214. The zero-order valence-corrected chi connectivity index (χ0v) is 19.2. The van der Waals surface area contributed by atoms with Gasteiger partial charge in [-0.3, -0.25) is 24.6 Å². The molecule has 2 aromatic rings. The molecular formula is C19H10BrF3N2O6S2. The molecule has 1 fully saturated rings. The summed E-state index contributed by atoms with van der Waals surface area (Å²) in [6.07, 6.45) is -3.44. The van der Waals surface area contributed by atoms with Crippen LogP contribution in [0.1, 0.15) is 11.1 Å². The fourth-order valence-corrected chi connectivity index (χ4v) is 4.30. The molecule has 3 rings (SSSR count). The normalized spacial score (nSPS) is 15.3. The number of carboxylic acid groups (broad SMARTS) is 1. The molecule has 14 heteroatoms. The van der Waals surface area contributed by atoms with Crippen LogP contribution in [0.3, 0.4) is 0 Å². The number of alkyl halides is 3. The van der Waals surface area contributed by atoms with E-state index in [9.17, 15) is 32.9 Å². The van der Waals surface area contributed by atoms with Gasteiger partial charge < -0.3 is 9.84 Å². The number of ether oxygens (including phenoxy) is 1. The van der Waals surface area contributed by atoms with Crippen molar-refractivity contribution in [1.82, 2.24) is 4.90 Å². The molecule has 1 saturated heterocycles. The number of thioether (sulfide) groups is 1. The Balaban J connectivity index is 2.01. The molecule has 0 atom stereocenters. The zero-order valence-electron chi connectivity index (χ0n) is 16.0. The van der Waals surface area contributed by atoms with Crippen molar-refractivity contribution in [2.45, 2.75) is 6.18 Å². The van der Waals surface area contributed by atoms with E-state index in [0.29, 0.717) is 16.6 Å². The van der Waals surface area contributed by atoms with Crippen molar-refractivity contribution in [1.29, 1.82) is 0 Å². The van der Waals surface area contributed by atoms with E-state index in [1.165, 1.54) is 24.3 Å². The van der Waals surface area contributed by atoms with E-state index in [-0.39, 0.29) is 20.5 Å². The predicted octanol–water partition coefficient (Wildman–Crippen LogP) is 5.45. The van der Waals surface area contributed by atoms with Crippen LogP contribution in [0.15, 0.2) is 45.8 Å². The third-order valence-electron chi connectivity index (χ3n) is 4.13. The largest absolute Gasteiger partial charge is 0.480 e. The third-order valence-corrected chi connectivity index (χ3v) is 6.00. The van der Waals surface area contributed by atoms with Gasteiger partial charge >= 0.3 is 17.8 Å². The summed E-state index contributed by atoms with van der Waals surface area (Å²) in [7, 11) is 0. The summed E-state index contributed by atoms with van der Waals surface area (Å²) in [6.45, 7) is -0.623. The van der Waals surface area contributed by atoms with Crippen LogP contribution < -0.4 is 4.74 Å². The van der Waals surface area contributed by atoms with Gasteiger partial charge in [0.15, 0.2) is 0 Å². The second-order valence-electron chi connectivity index (χ2n) is 6.38. The lowest BCUT2D eigenvalue weighted by atomic mass is 10.1. The summed E-state index contributed by atoms with van der Waals surface area (Å²) in [4.78, 5) is 34.8. The molecule has 8 nitrogen and oxygen atoms in total. The highest BCUT2D eigenvalue weighted by molar-refractivity contribution is 9.10. The molecule has 0 aliphatic carbocycles. The Morgan fingerprint density at radius 2 is 1.94 bits per heavy atom. The molecule has 1 aliphatic rings. The number of nitrogens with zero attached hydrogens (tertiary/aromatic N) is 2. The van der Waals surface area contributed by atoms with E-state index < -0.39 is 46.5 Å². The molecule has 172 valence electrons. The van der Waals surface area contributed by atoms with Gasteiger partial charge in [-0.1, -0.05) is 39.9 Å². The Morgan fingerprint density at radius 1 is 1.27 bits per heavy atom. The number of thiocarbonyl (C=S) groups is 1. The predicted molar refractivity (Wildman–Crippen MR) is 120 cm³/mol. The SMILES string of the molecule is O=C(O)CN1C(=O)/C(=C/c2cc(Br)ccc2Oc2ccc(C(F)(F)F)cc2[N+](=O)[O-])SC1=S. The van der Waals surface area contributed by atoms with Gasteiger partial charge in [-0.2, -0.15) is 13.2 Å². The summed E-state index contributed by atoms with van der Waals surface area (Å²) in [5, 5.41) is 20.3. The minimum atomic E-state index is -4.78. The lowest BCUT2D eigenvalue weighted by molar-refractivity contribution is -0.385. The van der Waals surface area contributed by atoms with Crippen LogP contribution in [-0.2, 0) is 15.8 Å². The Labute approximate surface area is 201 Å². The number of benzene rings is 2. The minimum Gasteiger partial charge on any atom is -0.480 e. The number of carbonyl (C=O) groups excluding carboxylic acids is 1. The zero-order chi connectivity index (χ0) is 24.5. The number of hydrogen-bond donors (Lipinski definition) is 1. The first-order valence-corrected chi connectivity index (χ1v) is 10.7. The average molecular weight is 563 g/mol. The molecular weight excluding hydrogens is 553 g/mol. The smallest absolute Gasteiger partial charge is 0.416 e. The van der Waals surface area contributed by atoms with Crippen LogP contribution in [0.5, 0.6) is 11.5 Å². The summed E-state index contributed by atoms with van der Waals surface area (Å²) < 4.78 is 45.0. The third kappa shape index (κ3) is 5.69. The van der Waals surface area contributed by atoms with E-state index in [2.05, 4.69) is 15.9 Å². The van der Waals surface area contributed by atoms with E-state index in [1.807, 2.05) is 0 Å². The fourth-order valence-electron chi connectivity index (χ4n) is 2.68. The van der Waals surface area contributed by atoms with Gasteiger partial charge in [-0.05, 0) is 36.4 Å². The van der Waals surface area contributed by atoms with Crippen molar-refractivity contribution in [3.8, 4) is 11.5 Å². The Hall–Kier alpha value is -2.97. The molecule has 0 saturated carbocycles. The van der Waals surface area contributed by atoms with Gasteiger partial charge in [0.2, 0.25) is 5.75 Å². The molecule has 1 N–H and O–H groups in total. The molecule has 0 aromatic heterocycles. The molecule has 2 aromatic carbocycles. The second-order valence-corrected chi connectivity index (χ2v) is 8.97. The summed E-state index contributed by atoms with van der Waals surface area (Å²) in [6, 6.07) is 6.28. The summed E-state index contributed by atoms with van der Waals surface area (Å²) >= 11 is 9.14. The highest BCUT2D eigenvalue weighted by Crippen LogP contribution is 2.40. The highest BCUT2D eigenvalue weighted by Gasteiger charge is 2.35. The first kappa shape index (κ1) is 24.7. The Kier molecular flexibility index (Phi) is 7.09. The van der Waals surface area contributed by atoms with Gasteiger partial charge in [-0.15, -0.1) is 0 Å². The topological polar surface area (TPSA) is 110 Å². The highest BCUT2D eigenvalue weighted by atomic mass is 79.9. The molecule has 0 unspecified atom stereocenters. The van der Waals surface area contributed by atoms with Gasteiger partial charge in [0.05, 0.1) is 15.4 Å². The number of halogens is 4. The number of carboxylic acids is 1. The van der Waals surface area contributed by atoms with Crippen LogP contribution in [0, 0.1) is 10.1 Å². The van der Waals surface area contributed by atoms with Crippen molar-refractivity contribution < 1.29 is 37.5 Å². The summed E-state index contributed by atoms with van der Waals surface area (Å²) in [5.41, 5.74) is -1.86. The second kappa shape index (κ2) is 9.49. The van der Waals surface area contributed by atoms with Crippen molar-refractivity contribution in [2.24, 2.45) is 0 Å². The van der Waals surface area contributed by atoms with E-state index in [4.69, 9.17) is 22.1 Å². The molecule has 33 heavy (non-hydrogen) atoms. The number of nitro benzene ring substituents is 1. The number of hydrogen-bond acceptors (Lipinski definition) is 7. The van der Waals surface area contributed by atoms with Crippen LogP contribution in [-0.4, -0.2) is 37.7 Å². The van der Waals surface area contributed by atoms with Crippen LogP contribution in [0.25, 0.3) is 6.08 Å². The molecule has 1 aliphatic heterocycles. The van der Waals surface area contributed by atoms with Crippen molar-refractivity contribution in [2.75, 3.05) is 6.54 Å². The van der Waals surface area contributed by atoms with Gasteiger partial charge in [0.1, 0.15) is 16.6 Å². The lowest BCUT2D eigenvalue weighted by Gasteiger charge is -2.12. The number of aliphatic carboxylic acids is 1. The minimum absolute atomic E-state index is 0.00422. The maximum absolute atomic E-state index is 12.9. The van der Waals surface area contributed by atoms with Crippen LogP contribution in [0.2, 0.25) is 0 Å². The van der Waals surface area contributed by atoms with E-state index >= 15 is 0 Å². The van der Waals surface area contributed by atoms with Crippen molar-refractivity contribution in [3.63, 3.8) is 0 Å². The first-order chi connectivity index (χ1) is 15.4. The Bertz CT molecular complexity index is 1220. The molecule has 0 bridgehead atoms. The number of amides is 1. The number of carbonyl (C=O) groups is 2. The maximum Gasteiger partial charge on any atom is 0.416 e. The number of rotatable bonds is 6. The van der Waals surface area contributed by atoms with Gasteiger partial charge in [0, 0.05) is 16.1 Å². The molecule has 1 amide bonds. The molecule has 0 spiro atoms. The maximum atomic E-state index is 12.9. The first-order valence-electron chi connectivity index (χ1n) is 8.67. The fraction of sp³-hybridized carbons (Fsp3) is 0.105. The van der Waals surface area contributed by atoms with Gasteiger partial charge in [0.25, 0.3) is 5.91 Å². The standard InChI is InChI=1S/C19H10BrF3N2O6S2/c20-11-2-4-13(31-14-3-1-10(19(21,22)23)7-12(14)25(29)30)9(5-11)6-15-17(28)24(8-16(26)27)18(32)33-15/h1-7H,8H2,(H,26,27)/b15-6-. The summed E-state index contributed by atoms with van der Waals surface area (Å²) in [5.74, 6) is -2.35. The molecule has 0 radical (unpaired) electrons. The number of nitro groups is 1. The average Bonchev–Trinajstić information content (AvgIpc) is 2.96. The van der Waals surface area contributed by atoms with Crippen LogP contribution in [0.4, 0.5) is 18.9 Å². The van der Waals surface area contributed by atoms with Crippen LogP contribution >= 0.6 is 39.9 Å². The van der Waals surface area contributed by atoms with E-state index in [0.717, 1.165) is 22.7 Å². The lowest BCUT2D eigenvalue weighted by Crippen LogP contribution is -2.33. The van der Waals surface area contributed by atoms with E-state index in [1.54, 1.807) is 0 Å². The Morgan fingerprint density at radius 3 is 2.55 bits per heavy atom. The van der Waals surface area contributed by atoms with Crippen molar-refractivity contribution in [3.05, 3.63) is 67.0 Å². The van der Waals surface area contributed by atoms with Crippen molar-refractivity contribution >= 4 is 67.9 Å².